The number of anilines is 1. The SMILES string of the molecule is Cc1cccc(CS(=O)(=O)c2ncc(Cl)c(C(=O)Nc3sc4c(c3C(=O)NCC3CCCO3)CCC4)n2)c1. The van der Waals surface area contributed by atoms with E-state index in [1.54, 1.807) is 18.2 Å². The van der Waals surface area contributed by atoms with Crippen LogP contribution in [0.3, 0.4) is 0 Å². The fourth-order valence-electron chi connectivity index (χ4n) is 4.74. The minimum atomic E-state index is -3.94. The summed E-state index contributed by atoms with van der Waals surface area (Å²) in [5.74, 6) is -1.30. The second kappa shape index (κ2) is 11.1. The van der Waals surface area contributed by atoms with Crippen molar-refractivity contribution in [3.63, 3.8) is 0 Å². The lowest BCUT2D eigenvalue weighted by atomic mass is 10.1. The molecule has 1 aliphatic carbocycles. The molecule has 1 saturated heterocycles. The van der Waals surface area contributed by atoms with E-state index >= 15 is 0 Å². The number of nitrogens with one attached hydrogen (secondary N) is 2. The average Bonchev–Trinajstić information content (AvgIpc) is 3.60. The first-order chi connectivity index (χ1) is 18.2. The number of benzene rings is 1. The summed E-state index contributed by atoms with van der Waals surface area (Å²) >= 11 is 7.57. The Morgan fingerprint density at radius 3 is 2.82 bits per heavy atom. The summed E-state index contributed by atoms with van der Waals surface area (Å²) in [5, 5.41) is 5.51. The zero-order chi connectivity index (χ0) is 26.9. The van der Waals surface area contributed by atoms with Gasteiger partial charge in [-0.1, -0.05) is 41.4 Å². The van der Waals surface area contributed by atoms with Crippen molar-refractivity contribution >= 4 is 49.6 Å². The van der Waals surface area contributed by atoms with E-state index in [1.807, 2.05) is 13.0 Å². The first-order valence-electron chi connectivity index (χ1n) is 12.4. The van der Waals surface area contributed by atoms with Gasteiger partial charge in [0.05, 0.1) is 28.6 Å². The third-order valence-electron chi connectivity index (χ3n) is 6.54. The summed E-state index contributed by atoms with van der Waals surface area (Å²) < 4.78 is 31.6. The van der Waals surface area contributed by atoms with Crippen LogP contribution in [-0.4, -0.2) is 49.5 Å². The Labute approximate surface area is 229 Å². The largest absolute Gasteiger partial charge is 0.376 e. The minimum absolute atomic E-state index is 0.0105. The van der Waals surface area contributed by atoms with Crippen molar-refractivity contribution in [2.75, 3.05) is 18.5 Å². The van der Waals surface area contributed by atoms with Crippen LogP contribution in [0, 0.1) is 6.92 Å². The van der Waals surface area contributed by atoms with E-state index in [-0.39, 0.29) is 28.5 Å². The lowest BCUT2D eigenvalue weighted by molar-refractivity contribution is 0.0858. The molecule has 1 atom stereocenters. The molecule has 38 heavy (non-hydrogen) atoms. The molecule has 2 aliphatic rings. The molecule has 1 fully saturated rings. The number of fused-ring (bicyclic) bond motifs is 1. The van der Waals surface area contributed by atoms with Gasteiger partial charge in [0.25, 0.3) is 11.8 Å². The molecule has 0 radical (unpaired) electrons. The number of nitrogens with zero attached hydrogens (tertiary/aromatic N) is 2. The Morgan fingerprint density at radius 1 is 1.21 bits per heavy atom. The summed E-state index contributed by atoms with van der Waals surface area (Å²) in [5.41, 5.74) is 2.61. The van der Waals surface area contributed by atoms with E-state index in [2.05, 4.69) is 20.6 Å². The summed E-state index contributed by atoms with van der Waals surface area (Å²) in [6.45, 7) is 2.96. The van der Waals surface area contributed by atoms with Crippen LogP contribution < -0.4 is 10.6 Å². The van der Waals surface area contributed by atoms with Gasteiger partial charge in [-0.05, 0) is 50.2 Å². The van der Waals surface area contributed by atoms with Gasteiger partial charge in [0, 0.05) is 18.0 Å². The number of ether oxygens (including phenoxy) is 1. The standard InChI is InChI=1S/C26H27ClN4O5S2/c1-15-5-2-6-16(11-15)14-38(34,35)26-29-13-19(27)22(30-26)24(33)31-25-21(18-8-3-9-20(18)37-25)23(32)28-12-17-7-4-10-36-17/h2,5-6,11,13,17H,3-4,7-10,12,14H2,1H3,(H,28,32)(H,31,33). The third-order valence-corrected chi connectivity index (χ3v) is 9.49. The average molecular weight is 575 g/mol. The van der Waals surface area contributed by atoms with Crippen LogP contribution in [0.25, 0.3) is 0 Å². The third kappa shape index (κ3) is 5.75. The second-order valence-corrected chi connectivity index (χ2v) is 12.9. The topological polar surface area (TPSA) is 127 Å². The van der Waals surface area contributed by atoms with Gasteiger partial charge in [-0.25, -0.2) is 18.4 Å². The second-order valence-electron chi connectivity index (χ2n) is 9.46. The van der Waals surface area contributed by atoms with Crippen molar-refractivity contribution in [2.24, 2.45) is 0 Å². The summed E-state index contributed by atoms with van der Waals surface area (Å²) in [7, 11) is -3.94. The number of amides is 2. The number of carbonyl (C=O) groups is 2. The summed E-state index contributed by atoms with van der Waals surface area (Å²) in [6.07, 6.45) is 5.49. The van der Waals surface area contributed by atoms with Crippen LogP contribution >= 0.6 is 22.9 Å². The summed E-state index contributed by atoms with van der Waals surface area (Å²) in [4.78, 5) is 35.4. The molecule has 1 aliphatic heterocycles. The molecule has 12 heteroatoms. The van der Waals surface area contributed by atoms with Gasteiger partial charge in [-0.15, -0.1) is 11.3 Å². The maximum atomic E-state index is 13.3. The number of sulfone groups is 1. The van der Waals surface area contributed by atoms with E-state index in [9.17, 15) is 18.0 Å². The number of halogens is 1. The maximum Gasteiger partial charge on any atom is 0.276 e. The highest BCUT2D eigenvalue weighted by Gasteiger charge is 2.30. The molecule has 3 heterocycles. The van der Waals surface area contributed by atoms with Crippen LogP contribution in [0.15, 0.2) is 35.6 Å². The molecular formula is C26H27ClN4O5S2. The molecule has 0 bridgehead atoms. The molecule has 1 unspecified atom stereocenters. The molecule has 2 N–H and O–H groups in total. The van der Waals surface area contributed by atoms with E-state index in [0.717, 1.165) is 54.3 Å². The molecule has 2 amide bonds. The van der Waals surface area contributed by atoms with Crippen molar-refractivity contribution in [3.8, 4) is 0 Å². The molecule has 3 aromatic rings. The number of thiophene rings is 1. The lowest BCUT2D eigenvalue weighted by Gasteiger charge is -2.13. The van der Waals surface area contributed by atoms with Crippen LogP contribution in [0.2, 0.25) is 5.02 Å². The van der Waals surface area contributed by atoms with Gasteiger partial charge in [-0.2, -0.15) is 0 Å². The molecule has 9 nitrogen and oxygen atoms in total. The lowest BCUT2D eigenvalue weighted by Crippen LogP contribution is -2.32. The van der Waals surface area contributed by atoms with Crippen molar-refractivity contribution in [3.05, 3.63) is 68.3 Å². The predicted octanol–water partition coefficient (Wildman–Crippen LogP) is 4.12. The van der Waals surface area contributed by atoms with Crippen molar-refractivity contribution in [2.45, 2.75) is 56.0 Å². The van der Waals surface area contributed by atoms with Crippen LogP contribution in [-0.2, 0) is 33.2 Å². The number of aryl methyl sites for hydroxylation is 2. The van der Waals surface area contributed by atoms with Gasteiger partial charge in [0.15, 0.2) is 5.69 Å². The van der Waals surface area contributed by atoms with E-state index in [0.29, 0.717) is 29.3 Å². The van der Waals surface area contributed by atoms with Gasteiger partial charge in [0.2, 0.25) is 15.0 Å². The molecule has 0 spiro atoms. The fourth-order valence-corrected chi connectivity index (χ4v) is 7.39. The minimum Gasteiger partial charge on any atom is -0.376 e. The number of hydrogen-bond acceptors (Lipinski definition) is 8. The smallest absolute Gasteiger partial charge is 0.276 e. The van der Waals surface area contributed by atoms with Crippen LogP contribution in [0.5, 0.6) is 0 Å². The Hall–Kier alpha value is -2.86. The van der Waals surface area contributed by atoms with Gasteiger partial charge >= 0.3 is 0 Å². The molecule has 2 aromatic heterocycles. The normalized spacial score (nSPS) is 16.8. The number of aromatic nitrogens is 2. The zero-order valence-corrected chi connectivity index (χ0v) is 23.1. The Morgan fingerprint density at radius 2 is 2.05 bits per heavy atom. The fraction of sp³-hybridized carbons (Fsp3) is 0.385. The zero-order valence-electron chi connectivity index (χ0n) is 20.8. The first kappa shape index (κ1) is 26.7. The van der Waals surface area contributed by atoms with Crippen molar-refractivity contribution < 1.29 is 22.7 Å². The summed E-state index contributed by atoms with van der Waals surface area (Å²) in [6, 6.07) is 7.11. The molecular weight excluding hydrogens is 548 g/mol. The van der Waals surface area contributed by atoms with Crippen LogP contribution in [0.4, 0.5) is 5.00 Å². The van der Waals surface area contributed by atoms with E-state index in [1.165, 1.54) is 11.3 Å². The molecule has 200 valence electrons. The van der Waals surface area contributed by atoms with Gasteiger partial charge < -0.3 is 15.4 Å². The first-order valence-corrected chi connectivity index (χ1v) is 15.2. The highest BCUT2D eigenvalue weighted by molar-refractivity contribution is 7.90. The van der Waals surface area contributed by atoms with E-state index in [4.69, 9.17) is 16.3 Å². The van der Waals surface area contributed by atoms with Crippen LogP contribution in [0.1, 0.15) is 61.7 Å². The monoisotopic (exact) mass is 574 g/mol. The van der Waals surface area contributed by atoms with Gasteiger partial charge in [0.1, 0.15) is 5.00 Å². The highest BCUT2D eigenvalue weighted by Crippen LogP contribution is 2.39. The Bertz CT molecular complexity index is 1500. The number of rotatable bonds is 8. The Kier molecular flexibility index (Phi) is 7.80. The quantitative estimate of drug-likeness (QED) is 0.387. The predicted molar refractivity (Wildman–Crippen MR) is 145 cm³/mol. The maximum absolute atomic E-state index is 13.3. The van der Waals surface area contributed by atoms with E-state index < -0.39 is 20.9 Å². The number of carbonyl (C=O) groups excluding carboxylic acids is 2. The molecule has 5 rings (SSSR count). The van der Waals surface area contributed by atoms with Crippen molar-refractivity contribution in [1.82, 2.24) is 15.3 Å². The van der Waals surface area contributed by atoms with Crippen molar-refractivity contribution in [1.29, 1.82) is 0 Å². The molecule has 0 saturated carbocycles. The molecule has 1 aromatic carbocycles. The van der Waals surface area contributed by atoms with Gasteiger partial charge in [-0.3, -0.25) is 9.59 Å². The highest BCUT2D eigenvalue weighted by atomic mass is 35.5. The Balaban J connectivity index is 1.38. The number of hydrogen-bond donors (Lipinski definition) is 2.